The van der Waals surface area contributed by atoms with Gasteiger partial charge in [-0.15, -0.1) is 0 Å². The summed E-state index contributed by atoms with van der Waals surface area (Å²) in [6.45, 7) is 0. The quantitative estimate of drug-likeness (QED) is 0.425. The van der Waals surface area contributed by atoms with Gasteiger partial charge in [0.25, 0.3) is 0 Å². The minimum atomic E-state index is -2.29. The number of nitrogens with zero attached hydrogens (tertiary/aromatic N) is 3. The number of rotatable bonds is 2. The van der Waals surface area contributed by atoms with E-state index in [-0.39, 0.29) is 5.69 Å². The van der Waals surface area contributed by atoms with Gasteiger partial charge in [-0.25, -0.2) is 26.9 Å². The van der Waals surface area contributed by atoms with E-state index >= 15 is 0 Å². The molecule has 0 bridgehead atoms. The van der Waals surface area contributed by atoms with Gasteiger partial charge in [-0.3, -0.25) is 4.98 Å². The zero-order valence-electron chi connectivity index (χ0n) is 12.7. The van der Waals surface area contributed by atoms with E-state index in [0.29, 0.717) is 5.56 Å². The fourth-order valence-corrected chi connectivity index (χ4v) is 2.39. The Morgan fingerprint density at radius 1 is 0.885 bits per heavy atom. The van der Waals surface area contributed by atoms with Crippen LogP contribution in [0.1, 0.15) is 5.56 Å². The minimum Gasteiger partial charge on any atom is -0.383 e. The standard InChI is InChI=1S/C17H7F5N4/c18-12-11(13(19)15(21)16(22)14(12)20)8-5-10(7-1-3-25-4-2-7)26-17(24)9(8)6-23/h1-5H,(H2,24,26). The van der Waals surface area contributed by atoms with Crippen molar-refractivity contribution in [2.24, 2.45) is 0 Å². The number of halogens is 5. The minimum absolute atomic E-state index is 0.0721. The Kier molecular flexibility index (Phi) is 4.26. The van der Waals surface area contributed by atoms with Gasteiger partial charge in [-0.1, -0.05) is 0 Å². The molecule has 1 aromatic carbocycles. The summed E-state index contributed by atoms with van der Waals surface area (Å²) in [7, 11) is 0. The second-order valence-electron chi connectivity index (χ2n) is 5.11. The third-order valence-corrected chi connectivity index (χ3v) is 3.61. The van der Waals surface area contributed by atoms with Crippen molar-refractivity contribution in [3.8, 4) is 28.5 Å². The molecule has 9 heteroatoms. The largest absolute Gasteiger partial charge is 0.383 e. The fourth-order valence-electron chi connectivity index (χ4n) is 2.39. The maximum atomic E-state index is 14.2. The summed E-state index contributed by atoms with van der Waals surface area (Å²) in [5.74, 6) is -11.1. The van der Waals surface area contributed by atoms with Crippen molar-refractivity contribution in [3.05, 3.63) is 65.2 Å². The number of nitriles is 1. The highest BCUT2D eigenvalue weighted by Gasteiger charge is 2.29. The van der Waals surface area contributed by atoms with E-state index in [1.54, 1.807) is 6.07 Å². The van der Waals surface area contributed by atoms with Crippen molar-refractivity contribution in [2.75, 3.05) is 5.73 Å². The molecule has 0 radical (unpaired) electrons. The zero-order chi connectivity index (χ0) is 19.0. The molecule has 4 nitrogen and oxygen atoms in total. The van der Waals surface area contributed by atoms with Crippen molar-refractivity contribution in [3.63, 3.8) is 0 Å². The molecule has 0 saturated carbocycles. The topological polar surface area (TPSA) is 75.6 Å². The van der Waals surface area contributed by atoms with Crippen molar-refractivity contribution in [1.82, 2.24) is 9.97 Å². The van der Waals surface area contributed by atoms with Crippen LogP contribution in [0.4, 0.5) is 27.8 Å². The number of nitrogens with two attached hydrogens (primary N) is 1. The first kappa shape index (κ1) is 17.3. The van der Waals surface area contributed by atoms with E-state index in [4.69, 9.17) is 5.73 Å². The van der Waals surface area contributed by atoms with Crippen LogP contribution in [0.25, 0.3) is 22.4 Å². The molecular formula is C17H7F5N4. The van der Waals surface area contributed by atoms with Crippen LogP contribution in [0.5, 0.6) is 0 Å². The molecule has 0 spiro atoms. The van der Waals surface area contributed by atoms with Crippen LogP contribution in [0.3, 0.4) is 0 Å². The molecule has 130 valence electrons. The van der Waals surface area contributed by atoms with E-state index in [1.165, 1.54) is 24.5 Å². The Balaban J connectivity index is 2.40. The second-order valence-corrected chi connectivity index (χ2v) is 5.11. The molecule has 2 aromatic heterocycles. The van der Waals surface area contributed by atoms with E-state index < -0.39 is 51.6 Å². The van der Waals surface area contributed by atoms with Crippen molar-refractivity contribution in [1.29, 1.82) is 5.26 Å². The predicted molar refractivity (Wildman–Crippen MR) is 81.8 cm³/mol. The monoisotopic (exact) mass is 362 g/mol. The van der Waals surface area contributed by atoms with E-state index in [0.717, 1.165) is 6.07 Å². The lowest BCUT2D eigenvalue weighted by Gasteiger charge is -2.13. The lowest BCUT2D eigenvalue weighted by Crippen LogP contribution is -2.07. The molecule has 26 heavy (non-hydrogen) atoms. The van der Waals surface area contributed by atoms with Crippen molar-refractivity contribution in [2.45, 2.75) is 0 Å². The summed E-state index contributed by atoms with van der Waals surface area (Å²) in [5, 5.41) is 9.21. The smallest absolute Gasteiger partial charge is 0.200 e. The van der Waals surface area contributed by atoms with Gasteiger partial charge in [0.05, 0.1) is 11.3 Å². The van der Waals surface area contributed by atoms with Gasteiger partial charge < -0.3 is 5.73 Å². The normalized spacial score (nSPS) is 10.6. The van der Waals surface area contributed by atoms with Crippen LogP contribution in [-0.4, -0.2) is 9.97 Å². The zero-order valence-corrected chi connectivity index (χ0v) is 12.7. The van der Waals surface area contributed by atoms with Crippen LogP contribution in [-0.2, 0) is 0 Å². The lowest BCUT2D eigenvalue weighted by molar-refractivity contribution is 0.381. The molecule has 0 aliphatic heterocycles. The summed E-state index contributed by atoms with van der Waals surface area (Å²) < 4.78 is 68.7. The Morgan fingerprint density at radius 2 is 1.42 bits per heavy atom. The number of pyridine rings is 2. The highest BCUT2D eigenvalue weighted by atomic mass is 19.2. The first-order chi connectivity index (χ1) is 12.4. The van der Waals surface area contributed by atoms with Gasteiger partial charge in [0, 0.05) is 23.5 Å². The molecule has 0 saturated heterocycles. The molecule has 0 fully saturated rings. The summed E-state index contributed by atoms with van der Waals surface area (Å²) >= 11 is 0. The van der Waals surface area contributed by atoms with Crippen LogP contribution >= 0.6 is 0 Å². The van der Waals surface area contributed by atoms with Gasteiger partial charge in [0.15, 0.2) is 23.3 Å². The first-order valence-corrected chi connectivity index (χ1v) is 6.99. The number of aromatic nitrogens is 2. The van der Waals surface area contributed by atoms with Gasteiger partial charge >= 0.3 is 0 Å². The number of hydrogen-bond donors (Lipinski definition) is 1. The Labute approximate surface area is 143 Å². The highest BCUT2D eigenvalue weighted by molar-refractivity contribution is 5.80. The maximum Gasteiger partial charge on any atom is 0.200 e. The predicted octanol–water partition coefficient (Wildman–Crippen LogP) is 3.96. The average molecular weight is 362 g/mol. The van der Waals surface area contributed by atoms with E-state index in [2.05, 4.69) is 9.97 Å². The SMILES string of the molecule is N#Cc1c(-c2c(F)c(F)c(F)c(F)c2F)cc(-c2ccncc2)nc1N. The molecule has 3 rings (SSSR count). The number of benzene rings is 1. The molecule has 0 unspecified atom stereocenters. The van der Waals surface area contributed by atoms with Crippen LogP contribution in [0, 0.1) is 40.4 Å². The highest BCUT2D eigenvalue weighted by Crippen LogP contribution is 2.36. The third kappa shape index (κ3) is 2.61. The van der Waals surface area contributed by atoms with Gasteiger partial charge in [-0.05, 0) is 18.2 Å². The first-order valence-electron chi connectivity index (χ1n) is 6.99. The lowest BCUT2D eigenvalue weighted by atomic mass is 9.97. The molecule has 2 N–H and O–H groups in total. The molecular weight excluding hydrogens is 355 g/mol. The summed E-state index contributed by atoms with van der Waals surface area (Å²) in [5.41, 5.74) is 3.84. The average Bonchev–Trinajstić information content (AvgIpc) is 2.65. The van der Waals surface area contributed by atoms with Gasteiger partial charge in [-0.2, -0.15) is 5.26 Å². The molecule has 2 heterocycles. The summed E-state index contributed by atoms with van der Waals surface area (Å²) in [6.07, 6.45) is 2.81. The molecule has 0 amide bonds. The maximum absolute atomic E-state index is 14.2. The van der Waals surface area contributed by atoms with Crippen LogP contribution in [0.2, 0.25) is 0 Å². The van der Waals surface area contributed by atoms with E-state index in [9.17, 15) is 27.2 Å². The summed E-state index contributed by atoms with van der Waals surface area (Å²) in [6, 6.07) is 5.60. The molecule has 3 aromatic rings. The second kappa shape index (κ2) is 6.40. The molecule has 0 aliphatic rings. The van der Waals surface area contributed by atoms with Gasteiger partial charge in [0.2, 0.25) is 5.82 Å². The Morgan fingerprint density at radius 3 is 1.96 bits per heavy atom. The van der Waals surface area contributed by atoms with Crippen LogP contribution in [0.15, 0.2) is 30.6 Å². The van der Waals surface area contributed by atoms with Crippen molar-refractivity contribution >= 4 is 5.82 Å². The molecule has 0 aliphatic carbocycles. The number of hydrogen-bond acceptors (Lipinski definition) is 4. The summed E-state index contributed by atoms with van der Waals surface area (Å²) in [4.78, 5) is 7.74. The van der Waals surface area contributed by atoms with E-state index in [1.807, 2.05) is 0 Å². The fraction of sp³-hybridized carbons (Fsp3) is 0. The Bertz CT molecular complexity index is 1030. The number of nitrogen functional groups attached to an aromatic ring is 1. The number of anilines is 1. The molecule has 0 atom stereocenters. The Hall–Kier alpha value is -3.54. The third-order valence-electron chi connectivity index (χ3n) is 3.61. The van der Waals surface area contributed by atoms with Crippen molar-refractivity contribution < 1.29 is 22.0 Å². The van der Waals surface area contributed by atoms with Crippen LogP contribution < -0.4 is 5.73 Å². The van der Waals surface area contributed by atoms with Gasteiger partial charge in [0.1, 0.15) is 17.5 Å².